The van der Waals surface area contributed by atoms with Crippen LogP contribution < -0.4 is 9.61 Å². The Hall–Kier alpha value is -2.79. The molecule has 0 bridgehead atoms. The maximum Gasteiger partial charge on any atom is 0.459 e. The minimum atomic E-state index is -3.93. The van der Waals surface area contributed by atoms with Crippen LogP contribution in [0, 0.1) is 5.92 Å². The first kappa shape index (κ1) is 33.7. The van der Waals surface area contributed by atoms with Gasteiger partial charge < -0.3 is 29.2 Å². The lowest BCUT2D eigenvalue weighted by atomic mass is 10.0. The number of ether oxygens (including phenoxy) is 2. The predicted octanol–water partition coefficient (Wildman–Crippen LogP) is 5.65. The van der Waals surface area contributed by atoms with Crippen LogP contribution in [0.15, 0.2) is 54.9 Å². The largest absolute Gasteiger partial charge is 0.464 e. The molecule has 0 aliphatic carbocycles. The molecule has 1 aliphatic rings. The second-order valence-electron chi connectivity index (χ2n) is 10.8. The van der Waals surface area contributed by atoms with E-state index in [2.05, 4.69) is 28.9 Å². The van der Waals surface area contributed by atoms with Crippen molar-refractivity contribution in [1.82, 2.24) is 15.1 Å². The molecule has 0 unspecified atom stereocenters. The summed E-state index contributed by atoms with van der Waals surface area (Å²) < 4.78 is 37.1. The molecule has 3 aromatic rings. The number of esters is 1. The predicted molar refractivity (Wildman–Crippen MR) is 160 cm³/mol. The number of pyridine rings is 1. The lowest BCUT2D eigenvalue weighted by molar-refractivity contribution is -0.146. The summed E-state index contributed by atoms with van der Waals surface area (Å²) in [7, 11) is -3.93. The number of aliphatic hydroxyl groups is 2. The summed E-state index contributed by atoms with van der Waals surface area (Å²) >= 11 is 0. The van der Waals surface area contributed by atoms with Gasteiger partial charge in [-0.1, -0.05) is 44.9 Å². The summed E-state index contributed by atoms with van der Waals surface area (Å²) in [5.74, 6) is -1.34. The molecule has 4 rings (SSSR count). The van der Waals surface area contributed by atoms with Crippen molar-refractivity contribution in [3.05, 3.63) is 60.4 Å². The molecule has 1 fully saturated rings. The summed E-state index contributed by atoms with van der Waals surface area (Å²) in [5, 5.41) is 19.9. The molecule has 0 spiro atoms. The van der Waals surface area contributed by atoms with Crippen LogP contribution >= 0.6 is 7.75 Å². The summed E-state index contributed by atoms with van der Waals surface area (Å²) in [4.78, 5) is 20.1. The van der Waals surface area contributed by atoms with E-state index in [9.17, 15) is 9.36 Å². The summed E-state index contributed by atoms with van der Waals surface area (Å²) in [5.41, 5.74) is 1.88. The summed E-state index contributed by atoms with van der Waals surface area (Å²) in [6.45, 7) is 8.68. The Balaban J connectivity index is 0.000000892. The molecule has 4 atom stereocenters. The van der Waals surface area contributed by atoms with E-state index in [1.165, 1.54) is 13.8 Å². The molecule has 4 N–H and O–H groups in total. The van der Waals surface area contributed by atoms with Crippen molar-refractivity contribution in [2.75, 3.05) is 13.2 Å². The van der Waals surface area contributed by atoms with E-state index in [1.807, 2.05) is 24.4 Å². The number of para-hydroxylation sites is 1. The number of hydrogen-bond acceptors (Lipinski definition) is 9. The molecular formula is C30H44N3O8P. The van der Waals surface area contributed by atoms with Gasteiger partial charge in [-0.3, -0.25) is 9.32 Å². The van der Waals surface area contributed by atoms with E-state index >= 15 is 0 Å². The molecule has 1 aliphatic heterocycles. The molecule has 0 saturated carbocycles. The first-order valence-corrected chi connectivity index (χ1v) is 15.9. The molecule has 3 heterocycles. The van der Waals surface area contributed by atoms with Crippen LogP contribution in [0.1, 0.15) is 72.0 Å². The average Bonchev–Trinajstić information content (AvgIpc) is 3.62. The highest BCUT2D eigenvalue weighted by atomic mass is 31.2. The quantitative estimate of drug-likeness (QED) is 0.109. The zero-order valence-corrected chi connectivity index (χ0v) is 25.9. The molecule has 232 valence electrons. The highest BCUT2D eigenvalue weighted by molar-refractivity contribution is 7.52. The highest BCUT2D eigenvalue weighted by Gasteiger charge is 2.35. The first-order chi connectivity index (χ1) is 19.9. The van der Waals surface area contributed by atoms with Crippen LogP contribution in [0.25, 0.3) is 11.0 Å². The number of aromatic nitrogens is 2. The number of carbonyl (C=O) groups excluding carboxylic acids is 1. The molecule has 0 amide bonds. The third-order valence-corrected chi connectivity index (χ3v) is 8.31. The van der Waals surface area contributed by atoms with E-state index in [0.717, 1.165) is 42.3 Å². The van der Waals surface area contributed by atoms with E-state index in [-0.39, 0.29) is 18.8 Å². The molecule has 12 heteroatoms. The van der Waals surface area contributed by atoms with Crippen molar-refractivity contribution in [2.24, 2.45) is 5.92 Å². The number of H-pyrrole nitrogens is 1. The Labute approximate surface area is 247 Å². The minimum absolute atomic E-state index is 0.0461. The number of fused-ring (bicyclic) bond motifs is 1. The second-order valence-corrected chi connectivity index (χ2v) is 12.5. The second kappa shape index (κ2) is 15.6. The molecule has 42 heavy (non-hydrogen) atoms. The van der Waals surface area contributed by atoms with Crippen molar-refractivity contribution < 1.29 is 38.1 Å². The van der Waals surface area contributed by atoms with Crippen molar-refractivity contribution in [2.45, 2.75) is 84.3 Å². The maximum atomic E-state index is 13.8. The van der Waals surface area contributed by atoms with Crippen molar-refractivity contribution >= 4 is 24.7 Å². The SMILES string of the molecule is CC(C)(O)O.CCC(CC)COC(=O)[C@H](C)N[P@](=O)(OC[C@@H]1CC[C@H](c2ccnc3[nH]ccc23)O1)Oc1ccccc1. The molecule has 0 radical (unpaired) electrons. The third-order valence-electron chi connectivity index (χ3n) is 6.67. The van der Waals surface area contributed by atoms with Gasteiger partial charge in [0.15, 0.2) is 5.79 Å². The van der Waals surface area contributed by atoms with Crippen LogP contribution in [-0.2, 0) is 23.4 Å². The maximum absolute atomic E-state index is 13.8. The van der Waals surface area contributed by atoms with Crippen LogP contribution in [0.4, 0.5) is 0 Å². The lowest BCUT2D eigenvalue weighted by Gasteiger charge is -2.24. The highest BCUT2D eigenvalue weighted by Crippen LogP contribution is 2.46. The van der Waals surface area contributed by atoms with Gasteiger partial charge in [-0.05, 0) is 69.4 Å². The van der Waals surface area contributed by atoms with Gasteiger partial charge in [0.1, 0.15) is 17.4 Å². The smallest absolute Gasteiger partial charge is 0.459 e. The number of hydrogen-bond donors (Lipinski definition) is 4. The topological polar surface area (TPSA) is 152 Å². The fourth-order valence-corrected chi connectivity index (χ4v) is 5.87. The van der Waals surface area contributed by atoms with Crippen LogP contribution in [0.5, 0.6) is 5.75 Å². The van der Waals surface area contributed by atoms with Gasteiger partial charge in [-0.25, -0.2) is 9.55 Å². The van der Waals surface area contributed by atoms with Crippen molar-refractivity contribution in [3.8, 4) is 5.75 Å². The van der Waals surface area contributed by atoms with E-state index < -0.39 is 25.5 Å². The van der Waals surface area contributed by atoms with E-state index in [0.29, 0.717) is 18.3 Å². The van der Waals surface area contributed by atoms with Gasteiger partial charge in [-0.2, -0.15) is 5.09 Å². The Morgan fingerprint density at radius 2 is 1.86 bits per heavy atom. The number of aromatic amines is 1. The monoisotopic (exact) mass is 605 g/mol. The zero-order valence-electron chi connectivity index (χ0n) is 25.0. The van der Waals surface area contributed by atoms with E-state index in [1.54, 1.807) is 37.4 Å². The van der Waals surface area contributed by atoms with Crippen molar-refractivity contribution in [3.63, 3.8) is 0 Å². The molecule has 1 saturated heterocycles. The normalized spacial score (nSPS) is 19.1. The standard InChI is InChI=1S/C27H36N3O6P.C3H8O2/c1-4-20(5-2)17-33-27(31)19(3)30-37(32,36-21-9-7-6-8-10-21)34-18-22-11-12-25(35-22)23-13-15-28-26-24(23)14-16-29-26;1-3(2,4)5/h6-10,13-16,19-20,22,25H,4-5,11-12,17-18H2,1-3H3,(H,28,29)(H,30,32);4-5H,1-2H3/t19-,22-,25+,37-;/m0./s1. The van der Waals surface area contributed by atoms with Crippen LogP contribution in [-0.4, -0.2) is 57.3 Å². The van der Waals surface area contributed by atoms with Gasteiger partial charge in [0.25, 0.3) is 0 Å². The van der Waals surface area contributed by atoms with Gasteiger partial charge >= 0.3 is 13.7 Å². The number of rotatable bonds is 13. The zero-order chi connectivity index (χ0) is 30.8. The molecule has 11 nitrogen and oxygen atoms in total. The van der Waals surface area contributed by atoms with Crippen LogP contribution in [0.3, 0.4) is 0 Å². The summed E-state index contributed by atoms with van der Waals surface area (Å²) in [6, 6.07) is 11.8. The van der Waals surface area contributed by atoms with E-state index in [4.69, 9.17) is 28.7 Å². The number of carbonyl (C=O) groups is 1. The van der Waals surface area contributed by atoms with Gasteiger partial charge in [-0.15, -0.1) is 0 Å². The lowest BCUT2D eigenvalue weighted by Crippen LogP contribution is -2.36. The number of nitrogens with zero attached hydrogens (tertiary/aromatic N) is 1. The minimum Gasteiger partial charge on any atom is -0.464 e. The fraction of sp³-hybridized carbons (Fsp3) is 0.533. The fourth-order valence-electron chi connectivity index (χ4n) is 4.35. The molecular weight excluding hydrogens is 561 g/mol. The van der Waals surface area contributed by atoms with Gasteiger partial charge in [0, 0.05) is 17.8 Å². The Bertz CT molecular complexity index is 1290. The number of nitrogens with one attached hydrogen (secondary N) is 2. The average molecular weight is 606 g/mol. The van der Waals surface area contributed by atoms with Crippen molar-refractivity contribution in [1.29, 1.82) is 0 Å². The molecule has 1 aromatic carbocycles. The Kier molecular flexibility index (Phi) is 12.5. The third kappa shape index (κ3) is 10.8. The Morgan fingerprint density at radius 3 is 2.52 bits per heavy atom. The first-order valence-electron chi connectivity index (χ1n) is 14.4. The number of benzene rings is 1. The van der Waals surface area contributed by atoms with Gasteiger partial charge in [0.05, 0.1) is 25.4 Å². The summed E-state index contributed by atoms with van der Waals surface area (Å²) in [6.07, 6.45) is 6.60. The van der Waals surface area contributed by atoms with Crippen LogP contribution in [0.2, 0.25) is 0 Å². The van der Waals surface area contributed by atoms with Gasteiger partial charge in [0.2, 0.25) is 0 Å². The Morgan fingerprint density at radius 1 is 1.17 bits per heavy atom. The molecule has 2 aromatic heterocycles.